The van der Waals surface area contributed by atoms with Crippen molar-refractivity contribution in [2.45, 2.75) is 70.5 Å². The van der Waals surface area contributed by atoms with Gasteiger partial charge in [0.1, 0.15) is 0 Å². The molecule has 0 spiro atoms. The number of amides is 3. The number of hydrogen-bond donors (Lipinski definition) is 0. The fraction of sp³-hybridized carbons (Fsp3) is 0.833. The second-order valence-electron chi connectivity index (χ2n) is 8.22. The van der Waals surface area contributed by atoms with Crippen LogP contribution in [0, 0.1) is 5.41 Å². The molecular weight excluding hydrogens is 306 g/mol. The topological polar surface area (TPSA) is 60.9 Å². The van der Waals surface area contributed by atoms with Crippen molar-refractivity contribution in [3.63, 3.8) is 0 Å². The first-order valence-corrected chi connectivity index (χ1v) is 9.28. The summed E-state index contributed by atoms with van der Waals surface area (Å²) in [7, 11) is 0. The lowest BCUT2D eigenvalue weighted by atomic mass is 9.66. The predicted octanol–water partition coefficient (Wildman–Crippen LogP) is 0.999. The summed E-state index contributed by atoms with van der Waals surface area (Å²) in [6.07, 6.45) is 5.55. The van der Waals surface area contributed by atoms with E-state index in [0.29, 0.717) is 19.5 Å². The molecule has 3 heterocycles. The third-order valence-corrected chi connectivity index (χ3v) is 6.86. The molecule has 1 saturated carbocycles. The van der Waals surface area contributed by atoms with Crippen LogP contribution in [-0.2, 0) is 14.4 Å². The number of rotatable bonds is 2. The van der Waals surface area contributed by atoms with Gasteiger partial charge >= 0.3 is 0 Å². The van der Waals surface area contributed by atoms with Gasteiger partial charge in [-0.3, -0.25) is 14.4 Å². The quantitative estimate of drug-likeness (QED) is 0.757. The van der Waals surface area contributed by atoms with E-state index in [1.165, 1.54) is 0 Å². The van der Waals surface area contributed by atoms with E-state index in [1.807, 2.05) is 4.90 Å². The lowest BCUT2D eigenvalue weighted by molar-refractivity contribution is -0.141. The van der Waals surface area contributed by atoms with Crippen molar-refractivity contribution in [1.29, 1.82) is 0 Å². The van der Waals surface area contributed by atoms with Crippen LogP contribution in [0.5, 0.6) is 0 Å². The van der Waals surface area contributed by atoms with Gasteiger partial charge in [0.25, 0.3) is 0 Å². The summed E-state index contributed by atoms with van der Waals surface area (Å²) in [5.41, 5.74) is 0.0114. The standard InChI is InChI=1S/C18H27N3O3/c1-12(22)20-10-13-9-18(2)14(20)5-3-6-15(18)21(13)17(24)11-19-8-4-7-16(19)23/h13-15H,3-11H2,1-2H3/t13-,14+,15-,18+/m0/s1. The molecule has 4 aliphatic rings. The Morgan fingerprint density at radius 3 is 2.62 bits per heavy atom. The molecular formula is C18H27N3O3. The number of piperidine rings is 1. The Bertz CT molecular complexity index is 592. The lowest BCUT2D eigenvalue weighted by Crippen LogP contribution is -2.57. The maximum Gasteiger partial charge on any atom is 0.242 e. The molecule has 0 aromatic heterocycles. The lowest BCUT2D eigenvalue weighted by Gasteiger charge is -2.49. The van der Waals surface area contributed by atoms with Gasteiger partial charge in [0.2, 0.25) is 17.7 Å². The Balaban J connectivity index is 1.59. The minimum absolute atomic E-state index is 0.0114. The summed E-state index contributed by atoms with van der Waals surface area (Å²) < 4.78 is 0. The summed E-state index contributed by atoms with van der Waals surface area (Å²) in [6.45, 7) is 5.48. The molecule has 1 aliphatic carbocycles. The Morgan fingerprint density at radius 1 is 1.21 bits per heavy atom. The maximum atomic E-state index is 13.0. The Kier molecular flexibility index (Phi) is 3.62. The molecule has 0 unspecified atom stereocenters. The van der Waals surface area contributed by atoms with E-state index in [4.69, 9.17) is 0 Å². The molecule has 0 aromatic carbocycles. The molecule has 4 fully saturated rings. The second kappa shape index (κ2) is 5.46. The first-order chi connectivity index (χ1) is 11.4. The molecule has 6 nitrogen and oxygen atoms in total. The highest BCUT2D eigenvalue weighted by molar-refractivity contribution is 5.86. The molecule has 0 radical (unpaired) electrons. The minimum Gasteiger partial charge on any atom is -0.337 e. The summed E-state index contributed by atoms with van der Waals surface area (Å²) in [4.78, 5) is 42.8. The van der Waals surface area contributed by atoms with Crippen molar-refractivity contribution in [2.24, 2.45) is 5.41 Å². The van der Waals surface area contributed by atoms with Crippen molar-refractivity contribution >= 4 is 17.7 Å². The number of nitrogens with zero attached hydrogens (tertiary/aromatic N) is 3. The van der Waals surface area contributed by atoms with Crippen molar-refractivity contribution in [3.05, 3.63) is 0 Å². The monoisotopic (exact) mass is 333 g/mol. The third kappa shape index (κ3) is 2.18. The molecule has 3 saturated heterocycles. The van der Waals surface area contributed by atoms with Crippen LogP contribution in [0.1, 0.15) is 52.4 Å². The number of hydrogen-bond acceptors (Lipinski definition) is 3. The van der Waals surface area contributed by atoms with Gasteiger partial charge in [0.15, 0.2) is 0 Å². The Hall–Kier alpha value is -1.59. The van der Waals surface area contributed by atoms with Crippen molar-refractivity contribution in [3.8, 4) is 0 Å². The van der Waals surface area contributed by atoms with Crippen LogP contribution in [0.4, 0.5) is 0 Å². The second-order valence-corrected chi connectivity index (χ2v) is 8.22. The highest BCUT2D eigenvalue weighted by atomic mass is 16.2. The van der Waals surface area contributed by atoms with E-state index in [-0.39, 0.29) is 47.8 Å². The molecule has 0 N–H and O–H groups in total. The number of fused-ring (bicyclic) bond motifs is 1. The zero-order valence-corrected chi connectivity index (χ0v) is 14.7. The largest absolute Gasteiger partial charge is 0.337 e. The van der Waals surface area contributed by atoms with Crippen LogP contribution in [-0.4, -0.2) is 70.2 Å². The smallest absolute Gasteiger partial charge is 0.242 e. The predicted molar refractivity (Wildman–Crippen MR) is 88.0 cm³/mol. The zero-order chi connectivity index (χ0) is 17.1. The van der Waals surface area contributed by atoms with Gasteiger partial charge in [-0.25, -0.2) is 0 Å². The summed E-state index contributed by atoms with van der Waals surface area (Å²) in [6, 6.07) is 0.593. The zero-order valence-electron chi connectivity index (χ0n) is 14.7. The Morgan fingerprint density at radius 2 is 1.96 bits per heavy atom. The molecule has 3 aliphatic heterocycles. The first kappa shape index (κ1) is 15.9. The van der Waals surface area contributed by atoms with E-state index in [9.17, 15) is 14.4 Å². The van der Waals surface area contributed by atoms with Crippen LogP contribution < -0.4 is 0 Å². The maximum absolute atomic E-state index is 13.0. The molecule has 2 bridgehead atoms. The third-order valence-electron chi connectivity index (χ3n) is 6.86. The average molecular weight is 333 g/mol. The van der Waals surface area contributed by atoms with Gasteiger partial charge in [-0.1, -0.05) is 6.92 Å². The summed E-state index contributed by atoms with van der Waals surface area (Å²) in [5.74, 6) is 0.305. The normalized spacial score (nSPS) is 38.0. The molecule has 24 heavy (non-hydrogen) atoms. The highest BCUT2D eigenvalue weighted by Gasteiger charge is 2.61. The number of likely N-dealkylation sites (tertiary alicyclic amines) is 3. The van der Waals surface area contributed by atoms with Gasteiger partial charge in [-0.05, 0) is 32.1 Å². The molecule has 0 aromatic rings. The summed E-state index contributed by atoms with van der Waals surface area (Å²) in [5, 5.41) is 0. The average Bonchev–Trinajstić information content (AvgIpc) is 3.05. The van der Waals surface area contributed by atoms with E-state index >= 15 is 0 Å². The molecule has 4 rings (SSSR count). The first-order valence-electron chi connectivity index (χ1n) is 9.28. The van der Waals surface area contributed by atoms with E-state index in [1.54, 1.807) is 11.8 Å². The van der Waals surface area contributed by atoms with Crippen molar-refractivity contribution in [1.82, 2.24) is 14.7 Å². The van der Waals surface area contributed by atoms with Crippen molar-refractivity contribution < 1.29 is 14.4 Å². The molecule has 132 valence electrons. The number of carbonyl (C=O) groups excluding carboxylic acids is 3. The summed E-state index contributed by atoms with van der Waals surface area (Å²) >= 11 is 0. The fourth-order valence-electron chi connectivity index (χ4n) is 5.84. The number of carbonyl (C=O) groups is 3. The molecule has 6 heteroatoms. The van der Waals surface area contributed by atoms with Crippen LogP contribution in [0.25, 0.3) is 0 Å². The van der Waals surface area contributed by atoms with Gasteiger partial charge in [0, 0.05) is 43.9 Å². The molecule has 3 amide bonds. The van der Waals surface area contributed by atoms with E-state index in [0.717, 1.165) is 32.1 Å². The Labute approximate surface area is 143 Å². The van der Waals surface area contributed by atoms with E-state index in [2.05, 4.69) is 11.8 Å². The highest BCUT2D eigenvalue weighted by Crippen LogP contribution is 2.54. The SMILES string of the molecule is CC(=O)N1C[C@@H]2C[C@@]3(C)[C@H](CCC[C@@H]13)N2C(=O)CN1CCCC1=O. The van der Waals surface area contributed by atoms with Gasteiger partial charge < -0.3 is 14.7 Å². The van der Waals surface area contributed by atoms with Crippen molar-refractivity contribution in [2.75, 3.05) is 19.6 Å². The van der Waals surface area contributed by atoms with Gasteiger partial charge in [0.05, 0.1) is 12.6 Å². The minimum atomic E-state index is 0.0114. The van der Waals surface area contributed by atoms with Crippen LogP contribution in [0.15, 0.2) is 0 Å². The van der Waals surface area contributed by atoms with Crippen LogP contribution in [0.2, 0.25) is 0 Å². The van der Waals surface area contributed by atoms with Gasteiger partial charge in [-0.2, -0.15) is 0 Å². The fourth-order valence-corrected chi connectivity index (χ4v) is 5.84. The van der Waals surface area contributed by atoms with Crippen LogP contribution >= 0.6 is 0 Å². The van der Waals surface area contributed by atoms with Crippen LogP contribution in [0.3, 0.4) is 0 Å². The van der Waals surface area contributed by atoms with Gasteiger partial charge in [-0.15, -0.1) is 0 Å². The van der Waals surface area contributed by atoms with E-state index < -0.39 is 0 Å². The molecule has 4 atom stereocenters.